The fraction of sp³-hybridized carbons (Fsp3) is 0.0833. The summed E-state index contributed by atoms with van der Waals surface area (Å²) in [4.78, 5) is 22.2. The number of nitro benzene ring substituents is 1. The molecule has 0 radical (unpaired) electrons. The van der Waals surface area contributed by atoms with Crippen LogP contribution in [0.15, 0.2) is 34.1 Å². The number of para-hydroxylation sites is 1. The first-order valence-electron chi connectivity index (χ1n) is 5.33. The van der Waals surface area contributed by atoms with Crippen LogP contribution in [0.2, 0.25) is 0 Å². The normalized spacial score (nSPS) is 10.3. The molecule has 1 aromatic carbocycles. The van der Waals surface area contributed by atoms with Crippen LogP contribution in [-0.2, 0) is 0 Å². The Kier molecular flexibility index (Phi) is 4.46. The van der Waals surface area contributed by atoms with Crippen molar-refractivity contribution in [2.75, 3.05) is 6.61 Å². The summed E-state index contributed by atoms with van der Waals surface area (Å²) >= 11 is 4.42. The highest BCUT2D eigenvalue weighted by molar-refractivity contribution is 9.11. The summed E-state index contributed by atoms with van der Waals surface area (Å²) in [6.07, 6.45) is 0. The van der Waals surface area contributed by atoms with E-state index in [-0.39, 0.29) is 5.78 Å². The Labute approximate surface area is 125 Å². The van der Waals surface area contributed by atoms with Gasteiger partial charge in [-0.05, 0) is 34.1 Å². The summed E-state index contributed by atoms with van der Waals surface area (Å²) in [7, 11) is 0. The average Bonchev–Trinajstić information content (AvgIpc) is 2.83. The minimum absolute atomic E-state index is 0.377. The lowest BCUT2D eigenvalue weighted by Crippen LogP contribution is -2.12. The number of hydrogen-bond donors (Lipinski definition) is 0. The number of halogens is 2. The molecule has 0 spiro atoms. The second kappa shape index (κ2) is 6.10. The molecular formula is C12H7BrFNO4S. The van der Waals surface area contributed by atoms with E-state index < -0.39 is 28.8 Å². The zero-order chi connectivity index (χ0) is 14.7. The van der Waals surface area contributed by atoms with Crippen molar-refractivity contribution in [1.82, 2.24) is 0 Å². The standard InChI is InChI=1S/C12H7BrFNO4S/c13-11-5-4-10(20-11)9(16)6-19-12-7(14)2-1-3-8(12)15(17)18/h1-5H,6H2. The Morgan fingerprint density at radius 1 is 1.40 bits per heavy atom. The van der Waals surface area contributed by atoms with E-state index in [1.165, 1.54) is 17.4 Å². The lowest BCUT2D eigenvalue weighted by atomic mass is 10.3. The minimum Gasteiger partial charge on any atom is -0.476 e. The van der Waals surface area contributed by atoms with E-state index in [0.717, 1.165) is 15.9 Å². The van der Waals surface area contributed by atoms with Gasteiger partial charge in [0.1, 0.15) is 0 Å². The molecule has 8 heteroatoms. The van der Waals surface area contributed by atoms with E-state index >= 15 is 0 Å². The number of ketones is 1. The summed E-state index contributed by atoms with van der Waals surface area (Å²) < 4.78 is 19.3. The number of hydrogen-bond acceptors (Lipinski definition) is 5. The number of carbonyl (C=O) groups is 1. The molecule has 0 aliphatic carbocycles. The molecule has 5 nitrogen and oxygen atoms in total. The van der Waals surface area contributed by atoms with Gasteiger partial charge in [0.2, 0.25) is 11.5 Å². The molecule has 0 unspecified atom stereocenters. The predicted octanol–water partition coefficient (Wildman–Crippen LogP) is 3.82. The van der Waals surface area contributed by atoms with Crippen LogP contribution in [0.4, 0.5) is 10.1 Å². The van der Waals surface area contributed by atoms with Crippen molar-refractivity contribution >= 4 is 38.7 Å². The highest BCUT2D eigenvalue weighted by atomic mass is 79.9. The summed E-state index contributed by atoms with van der Waals surface area (Å²) in [5, 5.41) is 10.8. The van der Waals surface area contributed by atoms with Crippen LogP contribution in [0.3, 0.4) is 0 Å². The number of nitrogens with zero attached hydrogens (tertiary/aromatic N) is 1. The Morgan fingerprint density at radius 2 is 2.15 bits per heavy atom. The Bertz CT molecular complexity index is 673. The Hall–Kier alpha value is -1.80. The molecule has 0 fully saturated rings. The van der Waals surface area contributed by atoms with Crippen LogP contribution in [-0.4, -0.2) is 17.3 Å². The van der Waals surface area contributed by atoms with Gasteiger partial charge in [-0.15, -0.1) is 11.3 Å². The lowest BCUT2D eigenvalue weighted by Gasteiger charge is -2.06. The number of carbonyl (C=O) groups excluding carboxylic acids is 1. The molecule has 0 aliphatic heterocycles. The van der Waals surface area contributed by atoms with Crippen LogP contribution >= 0.6 is 27.3 Å². The van der Waals surface area contributed by atoms with E-state index in [4.69, 9.17) is 4.74 Å². The largest absolute Gasteiger partial charge is 0.476 e. The van der Waals surface area contributed by atoms with E-state index in [0.29, 0.717) is 4.88 Å². The molecule has 1 heterocycles. The van der Waals surface area contributed by atoms with Gasteiger partial charge in [0.15, 0.2) is 12.4 Å². The van der Waals surface area contributed by atoms with Gasteiger partial charge in [-0.3, -0.25) is 14.9 Å². The average molecular weight is 360 g/mol. The molecule has 2 aromatic rings. The number of nitro groups is 1. The van der Waals surface area contributed by atoms with Crippen LogP contribution in [0.1, 0.15) is 9.67 Å². The fourth-order valence-electron chi connectivity index (χ4n) is 1.46. The van der Waals surface area contributed by atoms with Crippen LogP contribution < -0.4 is 4.74 Å². The van der Waals surface area contributed by atoms with Crippen LogP contribution in [0.5, 0.6) is 5.75 Å². The second-order valence-corrected chi connectivity index (χ2v) is 6.12. The molecule has 0 N–H and O–H groups in total. The van der Waals surface area contributed by atoms with Gasteiger partial charge < -0.3 is 4.74 Å². The van der Waals surface area contributed by atoms with Gasteiger partial charge in [-0.25, -0.2) is 4.39 Å². The first-order chi connectivity index (χ1) is 9.49. The first-order valence-corrected chi connectivity index (χ1v) is 6.94. The third-order valence-electron chi connectivity index (χ3n) is 2.34. The van der Waals surface area contributed by atoms with Crippen molar-refractivity contribution in [2.24, 2.45) is 0 Å². The number of thiophene rings is 1. The van der Waals surface area contributed by atoms with Crippen molar-refractivity contribution in [2.45, 2.75) is 0 Å². The zero-order valence-electron chi connectivity index (χ0n) is 9.84. The fourth-order valence-corrected chi connectivity index (χ4v) is 2.77. The van der Waals surface area contributed by atoms with E-state index in [9.17, 15) is 19.3 Å². The summed E-state index contributed by atoms with van der Waals surface area (Å²) in [5.74, 6) is -1.78. The monoisotopic (exact) mass is 359 g/mol. The van der Waals surface area contributed by atoms with E-state index in [2.05, 4.69) is 15.9 Å². The second-order valence-electron chi connectivity index (χ2n) is 3.66. The molecule has 0 aliphatic rings. The van der Waals surface area contributed by atoms with Crippen molar-refractivity contribution in [3.05, 3.63) is 54.9 Å². The number of benzene rings is 1. The Balaban J connectivity index is 2.15. The zero-order valence-corrected chi connectivity index (χ0v) is 12.2. The van der Waals surface area contributed by atoms with Crippen LogP contribution in [0, 0.1) is 15.9 Å². The van der Waals surface area contributed by atoms with E-state index in [1.54, 1.807) is 12.1 Å². The van der Waals surface area contributed by atoms with Gasteiger partial charge in [0.05, 0.1) is 13.6 Å². The van der Waals surface area contributed by atoms with Crippen molar-refractivity contribution in [3.8, 4) is 5.75 Å². The highest BCUT2D eigenvalue weighted by Crippen LogP contribution is 2.30. The molecule has 0 bridgehead atoms. The van der Waals surface area contributed by atoms with E-state index in [1.807, 2.05) is 0 Å². The third-order valence-corrected chi connectivity index (χ3v) is 4.00. The topological polar surface area (TPSA) is 69.4 Å². The number of rotatable bonds is 5. The number of Topliss-reactive ketones (excluding diaryl/α,β-unsaturated/α-hetero) is 1. The number of ether oxygens (including phenoxy) is 1. The lowest BCUT2D eigenvalue weighted by molar-refractivity contribution is -0.386. The molecule has 1 aromatic heterocycles. The molecule has 20 heavy (non-hydrogen) atoms. The van der Waals surface area contributed by atoms with Gasteiger partial charge in [0.25, 0.3) is 0 Å². The molecular weight excluding hydrogens is 353 g/mol. The molecule has 0 saturated carbocycles. The summed E-state index contributed by atoms with van der Waals surface area (Å²) in [6, 6.07) is 6.65. The third kappa shape index (κ3) is 3.20. The maximum atomic E-state index is 13.5. The molecule has 0 atom stereocenters. The molecule has 0 amide bonds. The smallest absolute Gasteiger partial charge is 0.314 e. The van der Waals surface area contributed by atoms with Crippen molar-refractivity contribution in [3.63, 3.8) is 0 Å². The van der Waals surface area contributed by atoms with Crippen molar-refractivity contribution < 1.29 is 18.8 Å². The van der Waals surface area contributed by atoms with Crippen LogP contribution in [0.25, 0.3) is 0 Å². The summed E-state index contributed by atoms with van der Waals surface area (Å²) in [6.45, 7) is -0.464. The Morgan fingerprint density at radius 3 is 2.75 bits per heavy atom. The predicted molar refractivity (Wildman–Crippen MR) is 74.9 cm³/mol. The van der Waals surface area contributed by atoms with Gasteiger partial charge >= 0.3 is 5.69 Å². The minimum atomic E-state index is -0.876. The maximum Gasteiger partial charge on any atom is 0.314 e. The first kappa shape index (κ1) is 14.6. The van der Waals surface area contributed by atoms with Crippen molar-refractivity contribution in [1.29, 1.82) is 0 Å². The molecule has 0 saturated heterocycles. The quantitative estimate of drug-likeness (QED) is 0.462. The van der Waals surface area contributed by atoms with Gasteiger partial charge in [-0.2, -0.15) is 0 Å². The maximum absolute atomic E-state index is 13.5. The molecule has 104 valence electrons. The summed E-state index contributed by atoms with van der Waals surface area (Å²) in [5.41, 5.74) is -0.509. The highest BCUT2D eigenvalue weighted by Gasteiger charge is 2.21. The molecule has 2 rings (SSSR count). The SMILES string of the molecule is O=C(COc1c(F)cccc1[N+](=O)[O-])c1ccc(Br)s1. The van der Waals surface area contributed by atoms with Gasteiger partial charge in [-0.1, -0.05) is 6.07 Å². The van der Waals surface area contributed by atoms with Gasteiger partial charge in [0, 0.05) is 6.07 Å².